The predicted molar refractivity (Wildman–Crippen MR) is 109 cm³/mol. The second-order valence-corrected chi connectivity index (χ2v) is 6.44. The van der Waals surface area contributed by atoms with Crippen molar-refractivity contribution < 1.29 is 18.7 Å². The Bertz CT molecular complexity index is 1320. The number of anilines is 1. The minimum atomic E-state index is -0.536. The maximum absolute atomic E-state index is 13.2. The van der Waals surface area contributed by atoms with Crippen LogP contribution in [0, 0.1) is 5.82 Å². The number of methoxy groups -OCH3 is 2. The first-order chi connectivity index (χ1) is 15.0. The van der Waals surface area contributed by atoms with Gasteiger partial charge in [-0.2, -0.15) is 4.68 Å². The number of rotatable bonds is 6. The van der Waals surface area contributed by atoms with E-state index in [2.05, 4.69) is 20.6 Å². The Morgan fingerprint density at radius 3 is 2.61 bits per heavy atom. The highest BCUT2D eigenvalue weighted by Gasteiger charge is 2.16. The normalized spacial score (nSPS) is 10.8. The van der Waals surface area contributed by atoms with Gasteiger partial charge in [-0.1, -0.05) is 5.21 Å². The molecule has 0 saturated carbocycles. The maximum Gasteiger partial charge on any atom is 0.284 e. The average Bonchev–Trinajstić information content (AvgIpc) is 3.21. The van der Waals surface area contributed by atoms with Crippen molar-refractivity contribution in [3.05, 3.63) is 65.0 Å². The Morgan fingerprint density at radius 1 is 1.13 bits per heavy atom. The van der Waals surface area contributed by atoms with Crippen LogP contribution in [0.4, 0.5) is 10.1 Å². The highest BCUT2D eigenvalue weighted by molar-refractivity contribution is 5.92. The minimum Gasteiger partial charge on any atom is -0.497 e. The van der Waals surface area contributed by atoms with Crippen LogP contribution in [-0.2, 0) is 11.3 Å². The number of fused-ring (bicyclic) bond motifs is 1. The molecule has 0 aliphatic heterocycles. The number of halogens is 1. The zero-order chi connectivity index (χ0) is 22.0. The monoisotopic (exact) mass is 424 g/mol. The third-order valence-electron chi connectivity index (χ3n) is 4.50. The molecule has 0 fully saturated rings. The van der Waals surface area contributed by atoms with Crippen molar-refractivity contribution in [3.63, 3.8) is 0 Å². The number of hydrogen-bond donors (Lipinski definition) is 1. The van der Waals surface area contributed by atoms with E-state index in [9.17, 15) is 14.0 Å². The first-order valence-corrected chi connectivity index (χ1v) is 9.09. The molecule has 1 N–H and O–H groups in total. The van der Waals surface area contributed by atoms with Crippen LogP contribution in [-0.4, -0.2) is 44.7 Å². The van der Waals surface area contributed by atoms with E-state index in [4.69, 9.17) is 9.47 Å². The van der Waals surface area contributed by atoms with Crippen molar-refractivity contribution in [3.8, 4) is 17.2 Å². The molecule has 2 aromatic heterocycles. The van der Waals surface area contributed by atoms with Crippen LogP contribution in [0.15, 0.2) is 53.6 Å². The molecule has 0 saturated heterocycles. The quantitative estimate of drug-likeness (QED) is 0.502. The zero-order valence-corrected chi connectivity index (χ0v) is 16.6. The first-order valence-electron chi connectivity index (χ1n) is 9.09. The molecule has 10 nitrogen and oxygen atoms in total. The van der Waals surface area contributed by atoms with Crippen LogP contribution in [0.3, 0.4) is 0 Å². The Kier molecular flexibility index (Phi) is 5.31. The summed E-state index contributed by atoms with van der Waals surface area (Å²) in [5.74, 6) is 0.106. The van der Waals surface area contributed by atoms with E-state index in [0.717, 1.165) is 4.57 Å². The first kappa shape index (κ1) is 20.0. The van der Waals surface area contributed by atoms with E-state index in [1.807, 2.05) is 0 Å². The van der Waals surface area contributed by atoms with Crippen molar-refractivity contribution in [2.45, 2.75) is 6.54 Å². The topological polar surface area (TPSA) is 113 Å². The molecule has 0 unspecified atom stereocenters. The molecule has 0 atom stereocenters. The molecule has 0 bridgehead atoms. The molecule has 4 rings (SSSR count). The lowest BCUT2D eigenvalue weighted by atomic mass is 10.2. The number of amides is 1. The van der Waals surface area contributed by atoms with Crippen molar-refractivity contribution in [1.82, 2.24) is 24.5 Å². The number of carbonyl (C=O) groups excluding carboxylic acids is 1. The summed E-state index contributed by atoms with van der Waals surface area (Å²) in [4.78, 5) is 29.5. The number of ether oxygens (including phenoxy) is 2. The standard InChI is InChI=1S/C20H17FN6O4/c1-30-14-7-8-16(31-2)15(9-14)23-17(28)10-26-11-22-19-18(20(26)29)24-25-27(19)13-5-3-12(21)4-6-13/h3-9,11H,10H2,1-2H3,(H,23,28). The second kappa shape index (κ2) is 8.22. The van der Waals surface area contributed by atoms with Gasteiger partial charge < -0.3 is 14.8 Å². The summed E-state index contributed by atoms with van der Waals surface area (Å²) >= 11 is 0. The van der Waals surface area contributed by atoms with Crippen LogP contribution in [0.2, 0.25) is 0 Å². The molecule has 1 amide bonds. The van der Waals surface area contributed by atoms with Crippen LogP contribution >= 0.6 is 0 Å². The molecule has 2 heterocycles. The molecule has 0 spiro atoms. The van der Waals surface area contributed by atoms with Crippen molar-refractivity contribution in [2.75, 3.05) is 19.5 Å². The summed E-state index contributed by atoms with van der Waals surface area (Å²) in [6, 6.07) is 10.5. The molecule has 4 aromatic rings. The molecule has 11 heteroatoms. The van der Waals surface area contributed by atoms with Crippen LogP contribution in [0.1, 0.15) is 0 Å². The summed E-state index contributed by atoms with van der Waals surface area (Å²) in [5.41, 5.74) is 0.542. The third kappa shape index (κ3) is 3.92. The summed E-state index contributed by atoms with van der Waals surface area (Å²) in [5, 5.41) is 10.5. The Balaban J connectivity index is 1.60. The smallest absolute Gasteiger partial charge is 0.284 e. The number of nitrogens with one attached hydrogen (secondary N) is 1. The Labute approximate surface area is 174 Å². The largest absolute Gasteiger partial charge is 0.497 e. The van der Waals surface area contributed by atoms with Gasteiger partial charge in [0.2, 0.25) is 5.91 Å². The van der Waals surface area contributed by atoms with Gasteiger partial charge in [0.1, 0.15) is 30.2 Å². The lowest BCUT2D eigenvalue weighted by Gasteiger charge is -2.12. The van der Waals surface area contributed by atoms with E-state index < -0.39 is 17.3 Å². The Hall–Kier alpha value is -4.28. The fourth-order valence-corrected chi connectivity index (χ4v) is 2.97. The van der Waals surface area contributed by atoms with Gasteiger partial charge in [0, 0.05) is 6.07 Å². The average molecular weight is 424 g/mol. The number of benzene rings is 2. The van der Waals surface area contributed by atoms with Gasteiger partial charge in [0.25, 0.3) is 5.56 Å². The summed E-state index contributed by atoms with van der Waals surface area (Å²) in [6.45, 7) is -0.300. The van der Waals surface area contributed by atoms with Gasteiger partial charge >= 0.3 is 0 Å². The summed E-state index contributed by atoms with van der Waals surface area (Å²) < 4.78 is 26.0. The van der Waals surface area contributed by atoms with Gasteiger partial charge in [0.15, 0.2) is 11.2 Å². The van der Waals surface area contributed by atoms with Gasteiger partial charge in [0.05, 0.1) is 25.6 Å². The molecular formula is C20H17FN6O4. The summed E-state index contributed by atoms with van der Waals surface area (Å²) in [6.07, 6.45) is 1.23. The second-order valence-electron chi connectivity index (χ2n) is 6.44. The van der Waals surface area contributed by atoms with Gasteiger partial charge in [-0.3, -0.25) is 14.2 Å². The van der Waals surface area contributed by atoms with E-state index in [1.54, 1.807) is 18.2 Å². The fourth-order valence-electron chi connectivity index (χ4n) is 2.97. The molecule has 0 aliphatic rings. The predicted octanol–water partition coefficient (Wildman–Crippen LogP) is 1.77. The minimum absolute atomic E-state index is 0.0152. The molecule has 31 heavy (non-hydrogen) atoms. The zero-order valence-electron chi connectivity index (χ0n) is 16.6. The van der Waals surface area contributed by atoms with Gasteiger partial charge in [-0.25, -0.2) is 9.37 Å². The lowest BCUT2D eigenvalue weighted by Crippen LogP contribution is -2.28. The summed E-state index contributed by atoms with van der Waals surface area (Å²) in [7, 11) is 2.98. The van der Waals surface area contributed by atoms with E-state index in [1.165, 1.54) is 49.5 Å². The van der Waals surface area contributed by atoms with Crippen molar-refractivity contribution in [1.29, 1.82) is 0 Å². The van der Waals surface area contributed by atoms with Gasteiger partial charge in [-0.05, 0) is 36.4 Å². The maximum atomic E-state index is 13.2. The molecule has 158 valence electrons. The molecule has 0 radical (unpaired) electrons. The van der Waals surface area contributed by atoms with Gasteiger partial charge in [-0.15, -0.1) is 5.10 Å². The molecular weight excluding hydrogens is 407 g/mol. The van der Waals surface area contributed by atoms with Crippen LogP contribution in [0.25, 0.3) is 16.9 Å². The highest BCUT2D eigenvalue weighted by atomic mass is 19.1. The molecule has 2 aromatic carbocycles. The van der Waals surface area contributed by atoms with Crippen molar-refractivity contribution >= 4 is 22.8 Å². The third-order valence-corrected chi connectivity index (χ3v) is 4.50. The fraction of sp³-hybridized carbons (Fsp3) is 0.150. The number of nitrogens with zero attached hydrogens (tertiary/aromatic N) is 5. The highest BCUT2D eigenvalue weighted by Crippen LogP contribution is 2.28. The van der Waals surface area contributed by atoms with Crippen LogP contribution < -0.4 is 20.3 Å². The lowest BCUT2D eigenvalue weighted by molar-refractivity contribution is -0.116. The van der Waals surface area contributed by atoms with E-state index in [-0.39, 0.29) is 17.7 Å². The number of hydrogen-bond acceptors (Lipinski definition) is 7. The SMILES string of the molecule is COc1ccc(OC)c(NC(=O)Cn2cnc3c(nnn3-c3ccc(F)cc3)c2=O)c1. The molecule has 0 aliphatic carbocycles. The van der Waals surface area contributed by atoms with Crippen LogP contribution in [0.5, 0.6) is 11.5 Å². The van der Waals surface area contributed by atoms with Crippen molar-refractivity contribution in [2.24, 2.45) is 0 Å². The van der Waals surface area contributed by atoms with E-state index in [0.29, 0.717) is 22.9 Å². The Morgan fingerprint density at radius 2 is 1.90 bits per heavy atom. The number of carbonyl (C=O) groups is 1. The number of aromatic nitrogens is 5. The van der Waals surface area contributed by atoms with E-state index >= 15 is 0 Å².